The topological polar surface area (TPSA) is 64.7 Å². The standard InChI is InChI=1S/C40H24N4OS/c1-3-12-25(13-4-1)37-42-38(26-14-5-2-6-15-26)44-39(43-37)31-20-11-22-33-35(31)30-19-10-18-29(36(30)45-33)27-16-9-17-28(24-27)40-41-32-21-7-8-23-34(32)46-40/h1-24H. The minimum Gasteiger partial charge on any atom is -0.455 e. The van der Waals surface area contributed by atoms with Crippen molar-refractivity contribution in [3.8, 4) is 55.9 Å². The first-order chi connectivity index (χ1) is 22.8. The van der Waals surface area contributed by atoms with Crippen molar-refractivity contribution in [1.29, 1.82) is 0 Å². The largest absolute Gasteiger partial charge is 0.455 e. The molecule has 0 aliphatic heterocycles. The predicted molar refractivity (Wildman–Crippen MR) is 187 cm³/mol. The molecule has 0 N–H and O–H groups in total. The highest BCUT2D eigenvalue weighted by atomic mass is 32.1. The van der Waals surface area contributed by atoms with Crippen LogP contribution in [0.2, 0.25) is 0 Å². The summed E-state index contributed by atoms with van der Waals surface area (Å²) >= 11 is 1.71. The first-order valence-electron chi connectivity index (χ1n) is 15.1. The highest BCUT2D eigenvalue weighted by molar-refractivity contribution is 7.21. The molecule has 216 valence electrons. The third-order valence-electron chi connectivity index (χ3n) is 8.18. The molecule has 0 saturated carbocycles. The lowest BCUT2D eigenvalue weighted by Crippen LogP contribution is -2.00. The van der Waals surface area contributed by atoms with Crippen molar-refractivity contribution < 1.29 is 4.42 Å². The highest BCUT2D eigenvalue weighted by Gasteiger charge is 2.19. The van der Waals surface area contributed by atoms with E-state index in [9.17, 15) is 0 Å². The molecule has 0 unspecified atom stereocenters. The summed E-state index contributed by atoms with van der Waals surface area (Å²) in [6, 6.07) is 49.3. The minimum absolute atomic E-state index is 0.601. The summed E-state index contributed by atoms with van der Waals surface area (Å²) in [5, 5.41) is 2.99. The predicted octanol–water partition coefficient (Wildman–Crippen LogP) is 10.7. The molecule has 0 amide bonds. The van der Waals surface area contributed by atoms with Gasteiger partial charge < -0.3 is 4.42 Å². The number of furan rings is 1. The first-order valence-corrected chi connectivity index (χ1v) is 15.9. The van der Waals surface area contributed by atoms with Crippen LogP contribution in [0.1, 0.15) is 0 Å². The lowest BCUT2D eigenvalue weighted by molar-refractivity contribution is 0.670. The molecule has 0 aliphatic carbocycles. The van der Waals surface area contributed by atoms with Crippen LogP contribution >= 0.6 is 11.3 Å². The van der Waals surface area contributed by atoms with Crippen LogP contribution in [0.4, 0.5) is 0 Å². The molecule has 46 heavy (non-hydrogen) atoms. The number of nitrogens with zero attached hydrogens (tertiary/aromatic N) is 4. The van der Waals surface area contributed by atoms with Crippen molar-refractivity contribution in [2.45, 2.75) is 0 Å². The summed E-state index contributed by atoms with van der Waals surface area (Å²) in [6.45, 7) is 0. The average Bonchev–Trinajstić information content (AvgIpc) is 3.74. The van der Waals surface area contributed by atoms with Crippen molar-refractivity contribution in [2.75, 3.05) is 0 Å². The second-order valence-electron chi connectivity index (χ2n) is 11.1. The van der Waals surface area contributed by atoms with Crippen LogP contribution < -0.4 is 0 Å². The average molecular weight is 609 g/mol. The van der Waals surface area contributed by atoms with E-state index in [2.05, 4.69) is 66.7 Å². The summed E-state index contributed by atoms with van der Waals surface area (Å²) in [4.78, 5) is 19.8. The lowest BCUT2D eigenvalue weighted by Gasteiger charge is -2.09. The summed E-state index contributed by atoms with van der Waals surface area (Å²) in [5.41, 5.74) is 8.56. The monoisotopic (exact) mass is 608 g/mol. The van der Waals surface area contributed by atoms with E-state index in [0.29, 0.717) is 17.5 Å². The van der Waals surface area contributed by atoms with Gasteiger partial charge in [0.2, 0.25) is 0 Å². The fraction of sp³-hybridized carbons (Fsp3) is 0. The van der Waals surface area contributed by atoms with Gasteiger partial charge in [-0.2, -0.15) is 0 Å². The Balaban J connectivity index is 1.22. The Morgan fingerprint density at radius 3 is 1.83 bits per heavy atom. The number of hydrogen-bond donors (Lipinski definition) is 0. The van der Waals surface area contributed by atoms with E-state index in [1.165, 1.54) is 4.70 Å². The third-order valence-corrected chi connectivity index (χ3v) is 9.26. The van der Waals surface area contributed by atoms with Crippen molar-refractivity contribution in [2.24, 2.45) is 0 Å². The van der Waals surface area contributed by atoms with Crippen molar-refractivity contribution in [1.82, 2.24) is 19.9 Å². The number of thiazole rings is 1. The van der Waals surface area contributed by atoms with Crippen LogP contribution in [0.5, 0.6) is 0 Å². The second-order valence-corrected chi connectivity index (χ2v) is 12.1. The second kappa shape index (κ2) is 10.9. The lowest BCUT2D eigenvalue weighted by atomic mass is 9.99. The number of hydrogen-bond acceptors (Lipinski definition) is 6. The molecule has 0 saturated heterocycles. The van der Waals surface area contributed by atoms with E-state index in [1.54, 1.807) is 11.3 Å². The van der Waals surface area contributed by atoms with Gasteiger partial charge in [-0.05, 0) is 29.8 Å². The van der Waals surface area contributed by atoms with Gasteiger partial charge in [0, 0.05) is 38.6 Å². The SMILES string of the molecule is c1ccc(-c2nc(-c3ccccc3)nc(-c3cccc4oc5c(-c6cccc(-c7nc8ccccc8s7)c6)cccc5c34)n2)cc1. The zero-order chi connectivity index (χ0) is 30.5. The highest BCUT2D eigenvalue weighted by Crippen LogP contribution is 2.41. The zero-order valence-corrected chi connectivity index (χ0v) is 25.3. The molecule has 0 radical (unpaired) electrons. The molecule has 0 atom stereocenters. The molecule has 3 heterocycles. The molecule has 9 rings (SSSR count). The van der Waals surface area contributed by atoms with Gasteiger partial charge in [0.25, 0.3) is 0 Å². The summed E-state index contributed by atoms with van der Waals surface area (Å²) in [6.07, 6.45) is 0. The Hall–Kier alpha value is -5.98. The van der Waals surface area contributed by atoms with Crippen LogP contribution in [0.3, 0.4) is 0 Å². The van der Waals surface area contributed by atoms with Gasteiger partial charge in [0.1, 0.15) is 16.2 Å². The number of aromatic nitrogens is 4. The van der Waals surface area contributed by atoms with E-state index in [4.69, 9.17) is 24.4 Å². The zero-order valence-electron chi connectivity index (χ0n) is 24.5. The van der Waals surface area contributed by atoms with Crippen LogP contribution in [0, 0.1) is 0 Å². The van der Waals surface area contributed by atoms with Crippen LogP contribution in [0.15, 0.2) is 150 Å². The van der Waals surface area contributed by atoms with E-state index in [1.807, 2.05) is 78.9 Å². The molecule has 0 spiro atoms. The first kappa shape index (κ1) is 26.4. The molecule has 0 bridgehead atoms. The van der Waals surface area contributed by atoms with E-state index in [0.717, 1.165) is 65.8 Å². The van der Waals surface area contributed by atoms with Gasteiger partial charge in [0.15, 0.2) is 17.5 Å². The molecule has 5 nitrogen and oxygen atoms in total. The number of para-hydroxylation sites is 2. The van der Waals surface area contributed by atoms with Gasteiger partial charge in [-0.1, -0.05) is 121 Å². The van der Waals surface area contributed by atoms with Crippen molar-refractivity contribution in [3.63, 3.8) is 0 Å². The number of fused-ring (bicyclic) bond motifs is 4. The fourth-order valence-corrected chi connectivity index (χ4v) is 6.97. The number of rotatable bonds is 5. The maximum Gasteiger partial charge on any atom is 0.164 e. The Kier molecular flexibility index (Phi) is 6.25. The van der Waals surface area contributed by atoms with Gasteiger partial charge in [-0.25, -0.2) is 19.9 Å². The molecule has 0 aliphatic rings. The third kappa shape index (κ3) is 4.55. The van der Waals surface area contributed by atoms with Crippen molar-refractivity contribution >= 4 is 43.5 Å². The minimum atomic E-state index is 0.601. The van der Waals surface area contributed by atoms with Crippen molar-refractivity contribution in [3.05, 3.63) is 146 Å². The van der Waals surface area contributed by atoms with E-state index in [-0.39, 0.29) is 0 Å². The maximum atomic E-state index is 6.64. The van der Waals surface area contributed by atoms with Crippen LogP contribution in [-0.4, -0.2) is 19.9 Å². The molecular weight excluding hydrogens is 585 g/mol. The molecule has 6 heteroatoms. The van der Waals surface area contributed by atoms with Gasteiger partial charge in [-0.3, -0.25) is 0 Å². The summed E-state index contributed by atoms with van der Waals surface area (Å²) in [5.74, 6) is 1.85. The molecule has 6 aromatic carbocycles. The van der Waals surface area contributed by atoms with Crippen LogP contribution in [-0.2, 0) is 0 Å². The molecule has 9 aromatic rings. The Morgan fingerprint density at radius 1 is 0.457 bits per heavy atom. The normalized spacial score (nSPS) is 11.5. The quantitative estimate of drug-likeness (QED) is 0.194. The van der Waals surface area contributed by atoms with Gasteiger partial charge in [0.05, 0.1) is 10.2 Å². The van der Waals surface area contributed by atoms with E-state index < -0.39 is 0 Å². The molecule has 0 fully saturated rings. The molecular formula is C40H24N4OS. The molecule has 3 aromatic heterocycles. The maximum absolute atomic E-state index is 6.64. The number of benzene rings is 6. The Bertz CT molecular complexity index is 2450. The van der Waals surface area contributed by atoms with E-state index >= 15 is 0 Å². The fourth-order valence-electron chi connectivity index (χ4n) is 6.01. The smallest absolute Gasteiger partial charge is 0.164 e. The summed E-state index contributed by atoms with van der Waals surface area (Å²) < 4.78 is 7.82. The Morgan fingerprint density at radius 2 is 1.07 bits per heavy atom. The van der Waals surface area contributed by atoms with Gasteiger partial charge in [-0.15, -0.1) is 11.3 Å². The summed E-state index contributed by atoms with van der Waals surface area (Å²) in [7, 11) is 0. The van der Waals surface area contributed by atoms with Gasteiger partial charge >= 0.3 is 0 Å². The van der Waals surface area contributed by atoms with Crippen LogP contribution in [0.25, 0.3) is 88.0 Å². The Labute approximate surface area is 268 Å².